The second kappa shape index (κ2) is 8.51. The third-order valence-corrected chi connectivity index (χ3v) is 4.50. The van der Waals surface area contributed by atoms with Gasteiger partial charge in [0.2, 0.25) is 0 Å². The van der Waals surface area contributed by atoms with Crippen molar-refractivity contribution >= 4 is 18.0 Å². The molecule has 0 spiro atoms. The first-order valence-electron chi connectivity index (χ1n) is 8.71. The Bertz CT molecular complexity index is 678. The number of amides is 1. The van der Waals surface area contributed by atoms with Crippen molar-refractivity contribution < 1.29 is 19.8 Å². The van der Waals surface area contributed by atoms with Crippen LogP contribution in [-0.4, -0.2) is 39.1 Å². The van der Waals surface area contributed by atoms with Crippen LogP contribution in [0.15, 0.2) is 47.7 Å². The summed E-state index contributed by atoms with van der Waals surface area (Å²) in [5.41, 5.74) is 1.53. The number of hydrogen-bond acceptors (Lipinski definition) is 3. The van der Waals surface area contributed by atoms with Crippen LogP contribution in [0.1, 0.15) is 45.1 Å². The number of carboxylic acid groups (broad SMARTS) is 1. The van der Waals surface area contributed by atoms with Crippen LogP contribution in [0.25, 0.3) is 6.08 Å². The predicted molar refractivity (Wildman–Crippen MR) is 97.0 cm³/mol. The van der Waals surface area contributed by atoms with E-state index in [-0.39, 0.29) is 5.76 Å². The molecule has 0 fully saturated rings. The molecule has 5 nitrogen and oxygen atoms in total. The molecule has 2 N–H and O–H groups in total. The summed E-state index contributed by atoms with van der Waals surface area (Å²) in [7, 11) is 0. The highest BCUT2D eigenvalue weighted by atomic mass is 16.4. The zero-order valence-corrected chi connectivity index (χ0v) is 14.7. The molecular formula is C20H25NO4. The van der Waals surface area contributed by atoms with Gasteiger partial charge in [-0.3, -0.25) is 4.79 Å². The van der Waals surface area contributed by atoms with Gasteiger partial charge in [0.15, 0.2) is 5.76 Å². The summed E-state index contributed by atoms with van der Waals surface area (Å²) in [6.45, 7) is 3.83. The van der Waals surface area contributed by atoms with E-state index in [2.05, 4.69) is 0 Å². The van der Waals surface area contributed by atoms with E-state index < -0.39 is 24.0 Å². The Morgan fingerprint density at radius 2 is 1.96 bits per heavy atom. The van der Waals surface area contributed by atoms with Gasteiger partial charge in [0.1, 0.15) is 6.04 Å². The Hall–Kier alpha value is -2.56. The molecular weight excluding hydrogens is 318 g/mol. The van der Waals surface area contributed by atoms with E-state index in [1.54, 1.807) is 6.08 Å². The number of aliphatic hydroxyl groups excluding tert-OH is 1. The van der Waals surface area contributed by atoms with E-state index in [0.29, 0.717) is 24.8 Å². The molecule has 1 aromatic carbocycles. The lowest BCUT2D eigenvalue weighted by Crippen LogP contribution is -2.47. The van der Waals surface area contributed by atoms with Gasteiger partial charge in [0.05, 0.1) is 6.04 Å². The van der Waals surface area contributed by atoms with Crippen molar-refractivity contribution in [3.05, 3.63) is 53.3 Å². The fourth-order valence-corrected chi connectivity index (χ4v) is 3.16. The highest BCUT2D eigenvalue weighted by molar-refractivity contribution is 5.98. The summed E-state index contributed by atoms with van der Waals surface area (Å²) in [5, 5.41) is 19.8. The van der Waals surface area contributed by atoms with E-state index in [9.17, 15) is 19.8 Å². The first kappa shape index (κ1) is 18.8. The van der Waals surface area contributed by atoms with E-state index in [0.717, 1.165) is 12.0 Å². The fraction of sp³-hybridized carbons (Fsp3) is 0.400. The molecule has 1 aromatic rings. The third kappa shape index (κ3) is 4.10. The van der Waals surface area contributed by atoms with Crippen LogP contribution in [-0.2, 0) is 9.59 Å². The summed E-state index contributed by atoms with van der Waals surface area (Å²) in [4.78, 5) is 25.6. The molecule has 134 valence electrons. The van der Waals surface area contributed by atoms with Gasteiger partial charge in [-0.1, -0.05) is 69.2 Å². The van der Waals surface area contributed by atoms with Gasteiger partial charge >= 0.3 is 5.97 Å². The second-order valence-electron chi connectivity index (χ2n) is 6.15. The maximum Gasteiger partial charge on any atom is 0.326 e. The van der Waals surface area contributed by atoms with E-state index in [1.807, 2.05) is 50.3 Å². The van der Waals surface area contributed by atoms with Crippen LogP contribution in [0.3, 0.4) is 0 Å². The topological polar surface area (TPSA) is 77.8 Å². The van der Waals surface area contributed by atoms with Crippen LogP contribution < -0.4 is 0 Å². The van der Waals surface area contributed by atoms with Gasteiger partial charge in [-0.25, -0.2) is 4.79 Å². The molecule has 0 saturated carbocycles. The minimum absolute atomic E-state index is 0.312. The number of rotatable bonds is 8. The van der Waals surface area contributed by atoms with E-state index in [1.165, 1.54) is 4.90 Å². The Kier molecular flexibility index (Phi) is 6.39. The smallest absolute Gasteiger partial charge is 0.326 e. The molecule has 1 heterocycles. The molecule has 2 rings (SSSR count). The number of aliphatic carboxylic acids is 1. The number of unbranched alkanes of at least 4 members (excludes halogenated alkanes) is 1. The minimum atomic E-state index is -1.04. The number of hydrogen-bond donors (Lipinski definition) is 2. The van der Waals surface area contributed by atoms with Gasteiger partial charge in [0.25, 0.3) is 5.91 Å². The monoisotopic (exact) mass is 343 g/mol. The number of benzene rings is 1. The van der Waals surface area contributed by atoms with Crippen LogP contribution in [0.4, 0.5) is 0 Å². The molecule has 0 aromatic heterocycles. The Morgan fingerprint density at radius 1 is 1.28 bits per heavy atom. The van der Waals surface area contributed by atoms with Crippen molar-refractivity contribution in [2.24, 2.45) is 0 Å². The lowest BCUT2D eigenvalue weighted by Gasteiger charge is -2.30. The lowest BCUT2D eigenvalue weighted by molar-refractivity contribution is -0.149. The van der Waals surface area contributed by atoms with Crippen molar-refractivity contribution in [2.75, 3.05) is 0 Å². The maximum atomic E-state index is 12.5. The van der Waals surface area contributed by atoms with Crippen molar-refractivity contribution in [3.8, 4) is 0 Å². The van der Waals surface area contributed by atoms with Gasteiger partial charge < -0.3 is 15.1 Å². The zero-order valence-electron chi connectivity index (χ0n) is 14.7. The predicted octanol–water partition coefficient (Wildman–Crippen LogP) is 3.78. The molecule has 5 heteroatoms. The van der Waals surface area contributed by atoms with Gasteiger partial charge in [-0.15, -0.1) is 0 Å². The minimum Gasteiger partial charge on any atom is -0.503 e. The second-order valence-corrected chi connectivity index (χ2v) is 6.15. The zero-order chi connectivity index (χ0) is 18.4. The summed E-state index contributed by atoms with van der Waals surface area (Å²) >= 11 is 0. The number of aliphatic hydroxyl groups is 1. The molecule has 0 radical (unpaired) electrons. The van der Waals surface area contributed by atoms with Gasteiger partial charge in [-0.2, -0.15) is 0 Å². The summed E-state index contributed by atoms with van der Waals surface area (Å²) < 4.78 is 0. The number of carbonyl (C=O) groups is 2. The van der Waals surface area contributed by atoms with Crippen molar-refractivity contribution in [1.29, 1.82) is 0 Å². The maximum absolute atomic E-state index is 12.5. The summed E-state index contributed by atoms with van der Waals surface area (Å²) in [6, 6.07) is 8.12. The first-order valence-corrected chi connectivity index (χ1v) is 8.71. The highest BCUT2D eigenvalue weighted by Gasteiger charge is 2.43. The Balaban J connectivity index is 2.36. The van der Waals surface area contributed by atoms with Crippen molar-refractivity contribution in [1.82, 2.24) is 4.90 Å². The van der Waals surface area contributed by atoms with Crippen LogP contribution in [0.5, 0.6) is 0 Å². The van der Waals surface area contributed by atoms with Gasteiger partial charge in [-0.05, 0) is 18.4 Å². The molecule has 1 aliphatic heterocycles. The van der Waals surface area contributed by atoms with E-state index >= 15 is 0 Å². The van der Waals surface area contributed by atoms with Crippen molar-refractivity contribution in [2.45, 2.75) is 51.6 Å². The first-order chi connectivity index (χ1) is 12.0. The number of nitrogens with zero attached hydrogens (tertiary/aromatic N) is 1. The number of carboxylic acids is 1. The SMILES string of the molecule is CCCCC(C(=O)O)N1C(=O)C(O)=C(CC)C1C=Cc1ccccc1. The third-order valence-electron chi connectivity index (χ3n) is 4.50. The Morgan fingerprint density at radius 3 is 2.52 bits per heavy atom. The quantitative estimate of drug-likeness (QED) is 0.753. The largest absolute Gasteiger partial charge is 0.503 e. The standard InChI is InChI=1S/C20H25NO4/c1-3-5-11-17(20(24)25)21-16(15(4-2)18(22)19(21)23)13-12-14-9-7-6-8-10-14/h6-10,12-13,16-17,22H,3-5,11H2,1-2H3,(H,24,25). The van der Waals surface area contributed by atoms with Gasteiger partial charge in [0, 0.05) is 5.57 Å². The molecule has 2 unspecified atom stereocenters. The molecule has 2 atom stereocenters. The van der Waals surface area contributed by atoms with E-state index in [4.69, 9.17) is 0 Å². The summed E-state index contributed by atoms with van der Waals surface area (Å²) in [6.07, 6.45) is 6.07. The molecule has 25 heavy (non-hydrogen) atoms. The van der Waals surface area contributed by atoms with Crippen LogP contribution in [0, 0.1) is 0 Å². The average molecular weight is 343 g/mol. The normalized spacial score (nSPS) is 19.0. The molecule has 1 aliphatic rings. The molecule has 0 aliphatic carbocycles. The fourth-order valence-electron chi connectivity index (χ4n) is 3.16. The highest BCUT2D eigenvalue weighted by Crippen LogP contribution is 2.31. The number of carbonyl (C=O) groups excluding carboxylic acids is 1. The Labute approximate surface area is 148 Å². The average Bonchev–Trinajstić information content (AvgIpc) is 2.85. The molecule has 1 amide bonds. The molecule has 0 saturated heterocycles. The summed E-state index contributed by atoms with van der Waals surface area (Å²) in [5.74, 6) is -1.94. The van der Waals surface area contributed by atoms with Crippen molar-refractivity contribution in [3.63, 3.8) is 0 Å². The van der Waals surface area contributed by atoms with Crippen LogP contribution >= 0.6 is 0 Å². The lowest BCUT2D eigenvalue weighted by atomic mass is 10.0. The molecule has 0 bridgehead atoms. The van der Waals surface area contributed by atoms with Crippen LogP contribution in [0.2, 0.25) is 0 Å².